The fourth-order valence-corrected chi connectivity index (χ4v) is 3.36. The summed E-state index contributed by atoms with van der Waals surface area (Å²) in [5, 5.41) is 17.0. The highest BCUT2D eigenvalue weighted by Gasteiger charge is 2.34. The molecule has 1 aliphatic heterocycles. The van der Waals surface area contributed by atoms with E-state index < -0.39 is 5.60 Å². The van der Waals surface area contributed by atoms with E-state index in [1.54, 1.807) is 0 Å². The predicted molar refractivity (Wildman–Crippen MR) is 71.1 cm³/mol. The zero-order valence-electron chi connectivity index (χ0n) is 11.3. The molecule has 17 heavy (non-hydrogen) atoms. The fraction of sp³-hybridized carbons (Fsp3) is 1.00. The summed E-state index contributed by atoms with van der Waals surface area (Å²) < 4.78 is 0. The highest BCUT2D eigenvalue weighted by molar-refractivity contribution is 4.93. The van der Waals surface area contributed by atoms with Gasteiger partial charge in [-0.25, -0.2) is 0 Å². The Balaban J connectivity index is 1.75. The van der Waals surface area contributed by atoms with E-state index >= 15 is 0 Å². The Morgan fingerprint density at radius 2 is 2.06 bits per heavy atom. The molecule has 0 aromatic rings. The van der Waals surface area contributed by atoms with Gasteiger partial charge in [-0.3, -0.25) is 0 Å². The molecule has 100 valence electrons. The third-order valence-corrected chi connectivity index (χ3v) is 4.33. The topological polar surface area (TPSA) is 44.3 Å². The average Bonchev–Trinajstić information content (AvgIpc) is 2.82. The first-order valence-corrected chi connectivity index (χ1v) is 7.25. The molecule has 1 aliphatic carbocycles. The molecule has 3 atom stereocenters. The normalized spacial score (nSPS) is 34.4. The van der Waals surface area contributed by atoms with Crippen molar-refractivity contribution in [3.8, 4) is 0 Å². The summed E-state index contributed by atoms with van der Waals surface area (Å²) in [5.74, 6) is 0.819. The number of rotatable bonds is 5. The van der Waals surface area contributed by atoms with Crippen molar-refractivity contribution in [1.82, 2.24) is 10.6 Å². The van der Waals surface area contributed by atoms with Gasteiger partial charge in [-0.15, -0.1) is 0 Å². The summed E-state index contributed by atoms with van der Waals surface area (Å²) in [5.41, 5.74) is -0.535. The molecule has 0 amide bonds. The fourth-order valence-electron chi connectivity index (χ4n) is 3.36. The molecular weight excluding hydrogens is 212 g/mol. The molecule has 3 N–H and O–H groups in total. The van der Waals surface area contributed by atoms with E-state index in [-0.39, 0.29) is 0 Å². The van der Waals surface area contributed by atoms with Gasteiger partial charge in [0.05, 0.1) is 5.60 Å². The molecule has 0 aromatic carbocycles. The van der Waals surface area contributed by atoms with E-state index in [1.807, 2.05) is 13.8 Å². The van der Waals surface area contributed by atoms with E-state index in [0.717, 1.165) is 24.9 Å². The third-order valence-electron chi connectivity index (χ3n) is 4.33. The van der Waals surface area contributed by atoms with Crippen LogP contribution in [0.5, 0.6) is 0 Å². The molecule has 3 heteroatoms. The van der Waals surface area contributed by atoms with Gasteiger partial charge < -0.3 is 15.7 Å². The van der Waals surface area contributed by atoms with Crippen molar-refractivity contribution >= 4 is 0 Å². The quantitative estimate of drug-likeness (QED) is 0.685. The summed E-state index contributed by atoms with van der Waals surface area (Å²) in [6, 6.07) is 1.42. The molecule has 3 nitrogen and oxygen atoms in total. The van der Waals surface area contributed by atoms with E-state index in [0.29, 0.717) is 6.04 Å². The molecular formula is C14H28N2O. The second kappa shape index (κ2) is 5.68. The van der Waals surface area contributed by atoms with E-state index in [4.69, 9.17) is 0 Å². The number of hydrogen-bond donors (Lipinski definition) is 3. The SMILES string of the molecule is CC(C)(O)CCNC1CCCC1C1CCCN1. The van der Waals surface area contributed by atoms with Crippen LogP contribution in [-0.4, -0.2) is 35.9 Å². The number of aliphatic hydroxyl groups is 1. The largest absolute Gasteiger partial charge is 0.390 e. The van der Waals surface area contributed by atoms with Gasteiger partial charge in [0.25, 0.3) is 0 Å². The Kier molecular flexibility index (Phi) is 4.45. The maximum absolute atomic E-state index is 9.72. The van der Waals surface area contributed by atoms with Gasteiger partial charge in [-0.05, 0) is 65.0 Å². The number of hydrogen-bond acceptors (Lipinski definition) is 3. The molecule has 1 heterocycles. The second-order valence-electron chi connectivity index (χ2n) is 6.42. The minimum absolute atomic E-state index is 0.535. The molecule has 2 aliphatic rings. The maximum atomic E-state index is 9.72. The van der Waals surface area contributed by atoms with Crippen molar-refractivity contribution in [3.05, 3.63) is 0 Å². The summed E-state index contributed by atoms with van der Waals surface area (Å²) in [7, 11) is 0. The predicted octanol–water partition coefficient (Wildman–Crippen LogP) is 1.66. The second-order valence-corrected chi connectivity index (χ2v) is 6.42. The van der Waals surface area contributed by atoms with Crippen LogP contribution in [0.2, 0.25) is 0 Å². The highest BCUT2D eigenvalue weighted by atomic mass is 16.3. The molecule has 2 rings (SSSR count). The van der Waals surface area contributed by atoms with Crippen molar-refractivity contribution in [2.24, 2.45) is 5.92 Å². The average molecular weight is 240 g/mol. The lowest BCUT2D eigenvalue weighted by Gasteiger charge is -2.27. The summed E-state index contributed by atoms with van der Waals surface area (Å²) >= 11 is 0. The minimum Gasteiger partial charge on any atom is -0.390 e. The van der Waals surface area contributed by atoms with Crippen LogP contribution < -0.4 is 10.6 Å². The molecule has 0 bridgehead atoms. The smallest absolute Gasteiger partial charge is 0.0603 e. The van der Waals surface area contributed by atoms with Gasteiger partial charge in [0, 0.05) is 12.1 Å². The monoisotopic (exact) mass is 240 g/mol. The Hall–Kier alpha value is -0.120. The van der Waals surface area contributed by atoms with E-state index in [9.17, 15) is 5.11 Å². The van der Waals surface area contributed by atoms with Gasteiger partial charge in [-0.1, -0.05) is 6.42 Å². The van der Waals surface area contributed by atoms with Gasteiger partial charge >= 0.3 is 0 Å². The van der Waals surface area contributed by atoms with Crippen molar-refractivity contribution in [1.29, 1.82) is 0 Å². The number of nitrogens with one attached hydrogen (secondary N) is 2. The third kappa shape index (κ3) is 3.94. The Morgan fingerprint density at radius 3 is 2.71 bits per heavy atom. The molecule has 3 unspecified atom stereocenters. The van der Waals surface area contributed by atoms with Crippen LogP contribution in [0.25, 0.3) is 0 Å². The van der Waals surface area contributed by atoms with Crippen molar-refractivity contribution < 1.29 is 5.11 Å². The van der Waals surface area contributed by atoms with Crippen LogP contribution >= 0.6 is 0 Å². The van der Waals surface area contributed by atoms with Gasteiger partial charge in [0.2, 0.25) is 0 Å². The molecule has 0 aromatic heterocycles. The standard InChI is InChI=1S/C14H28N2O/c1-14(2,17)8-10-16-12-6-3-5-11(12)13-7-4-9-15-13/h11-13,15-17H,3-10H2,1-2H3. The molecule has 0 radical (unpaired) electrons. The first-order valence-electron chi connectivity index (χ1n) is 7.25. The van der Waals surface area contributed by atoms with Crippen LogP contribution in [-0.2, 0) is 0 Å². The highest BCUT2D eigenvalue weighted by Crippen LogP contribution is 2.31. The van der Waals surface area contributed by atoms with Gasteiger partial charge in [0.15, 0.2) is 0 Å². The minimum atomic E-state index is -0.535. The summed E-state index contributed by atoms with van der Waals surface area (Å²) in [4.78, 5) is 0. The van der Waals surface area contributed by atoms with Crippen LogP contribution in [0.1, 0.15) is 52.4 Å². The maximum Gasteiger partial charge on any atom is 0.0603 e. The Bertz CT molecular complexity index is 231. The lowest BCUT2D eigenvalue weighted by molar-refractivity contribution is 0.0697. The summed E-state index contributed by atoms with van der Waals surface area (Å²) in [6.45, 7) is 5.92. The Labute approximate surface area is 105 Å². The molecule has 2 fully saturated rings. The van der Waals surface area contributed by atoms with Crippen LogP contribution in [0, 0.1) is 5.92 Å². The van der Waals surface area contributed by atoms with Crippen LogP contribution in [0.15, 0.2) is 0 Å². The van der Waals surface area contributed by atoms with Crippen LogP contribution in [0.4, 0.5) is 0 Å². The van der Waals surface area contributed by atoms with Gasteiger partial charge in [0.1, 0.15) is 0 Å². The van der Waals surface area contributed by atoms with Crippen LogP contribution in [0.3, 0.4) is 0 Å². The Morgan fingerprint density at radius 1 is 1.24 bits per heavy atom. The van der Waals surface area contributed by atoms with Crippen molar-refractivity contribution in [2.75, 3.05) is 13.1 Å². The molecule has 1 saturated heterocycles. The van der Waals surface area contributed by atoms with Gasteiger partial charge in [-0.2, -0.15) is 0 Å². The summed E-state index contributed by atoms with van der Waals surface area (Å²) in [6.07, 6.45) is 7.59. The van der Waals surface area contributed by atoms with E-state index in [1.165, 1.54) is 38.6 Å². The first kappa shape index (κ1) is 13.3. The van der Waals surface area contributed by atoms with Crippen molar-refractivity contribution in [3.63, 3.8) is 0 Å². The molecule has 1 saturated carbocycles. The zero-order chi connectivity index (χ0) is 12.3. The van der Waals surface area contributed by atoms with Crippen molar-refractivity contribution in [2.45, 2.75) is 70.1 Å². The molecule has 0 spiro atoms. The lowest BCUT2D eigenvalue weighted by atomic mass is 9.93. The zero-order valence-corrected chi connectivity index (χ0v) is 11.3. The van der Waals surface area contributed by atoms with E-state index in [2.05, 4.69) is 10.6 Å². The lowest BCUT2D eigenvalue weighted by Crippen LogP contribution is -2.43. The first-order chi connectivity index (χ1) is 8.06.